The first kappa shape index (κ1) is 26.2. The summed E-state index contributed by atoms with van der Waals surface area (Å²) in [5, 5.41) is 10.7. The molecule has 1 aromatic heterocycles. The van der Waals surface area contributed by atoms with Crippen LogP contribution in [0.25, 0.3) is 0 Å². The number of fused-ring (bicyclic) bond motifs is 1. The number of benzene rings is 2. The topological polar surface area (TPSA) is 115 Å². The van der Waals surface area contributed by atoms with E-state index in [0.717, 1.165) is 31.9 Å². The van der Waals surface area contributed by atoms with Gasteiger partial charge in [-0.05, 0) is 50.4 Å². The van der Waals surface area contributed by atoms with Gasteiger partial charge in [0, 0.05) is 43.8 Å². The second kappa shape index (κ2) is 10.4. The van der Waals surface area contributed by atoms with Gasteiger partial charge in [-0.2, -0.15) is 18.2 Å². The number of rotatable bonds is 5. The first-order valence-corrected chi connectivity index (χ1v) is 12.3. The summed E-state index contributed by atoms with van der Waals surface area (Å²) in [7, 11) is 2.08. The van der Waals surface area contributed by atoms with E-state index in [1.807, 2.05) is 24.3 Å². The van der Waals surface area contributed by atoms with Crippen LogP contribution in [0.15, 0.2) is 48.7 Å². The van der Waals surface area contributed by atoms with E-state index in [1.165, 1.54) is 25.1 Å². The number of aromatic nitrogens is 2. The van der Waals surface area contributed by atoms with Crippen molar-refractivity contribution in [2.75, 3.05) is 54.1 Å². The zero-order chi connectivity index (χ0) is 27.7. The Morgan fingerprint density at radius 2 is 1.72 bits per heavy atom. The molecule has 2 aliphatic heterocycles. The van der Waals surface area contributed by atoms with E-state index >= 15 is 0 Å². The molecule has 0 radical (unpaired) electrons. The molecular weight excluding hydrogens is 513 g/mol. The zero-order valence-electron chi connectivity index (χ0n) is 21.3. The van der Waals surface area contributed by atoms with Crippen molar-refractivity contribution in [3.05, 3.63) is 59.8 Å². The number of carbonyl (C=O) groups excluding carboxylic acids is 2. The van der Waals surface area contributed by atoms with Gasteiger partial charge in [0.05, 0.1) is 16.9 Å². The van der Waals surface area contributed by atoms with Crippen LogP contribution in [0.5, 0.6) is 0 Å². The van der Waals surface area contributed by atoms with Crippen molar-refractivity contribution in [2.45, 2.75) is 19.1 Å². The molecule has 3 aromatic rings. The molecule has 2 aliphatic rings. The highest BCUT2D eigenvalue weighted by Crippen LogP contribution is 2.37. The van der Waals surface area contributed by atoms with Crippen LogP contribution in [0.3, 0.4) is 0 Å². The Hall–Kier alpha value is -4.39. The second-order valence-electron chi connectivity index (χ2n) is 9.45. The fourth-order valence-corrected chi connectivity index (χ4v) is 4.40. The van der Waals surface area contributed by atoms with Crippen molar-refractivity contribution in [3.8, 4) is 0 Å². The van der Waals surface area contributed by atoms with Crippen molar-refractivity contribution in [2.24, 2.45) is 0 Å². The van der Waals surface area contributed by atoms with Gasteiger partial charge in [-0.15, -0.1) is 0 Å². The summed E-state index contributed by atoms with van der Waals surface area (Å²) in [4.78, 5) is 37.5. The molecule has 5 rings (SSSR count). The maximum Gasteiger partial charge on any atom is 0.421 e. The van der Waals surface area contributed by atoms with Crippen LogP contribution in [-0.4, -0.2) is 66.0 Å². The van der Waals surface area contributed by atoms with Gasteiger partial charge in [-0.3, -0.25) is 9.59 Å². The molecule has 3 heterocycles. The molecule has 39 heavy (non-hydrogen) atoms. The van der Waals surface area contributed by atoms with Crippen LogP contribution in [0.4, 0.5) is 47.7 Å². The standard InChI is InChI=1S/C26H27F3N8O2/c1-15-23(38)34-20-5-3-4-19(21(20)24(39)31-15)33-22-18(26(27,28)29)14-30-25(35-22)32-16-6-8-17(9-7-16)37-12-10-36(2)11-13-37/h3-9,14-15H,10-13H2,1-2H3,(H,31,39)(H,34,38)(H2,30,32,33,35)/t15-/m0/s1. The average molecular weight is 541 g/mol. The highest BCUT2D eigenvalue weighted by molar-refractivity contribution is 6.13. The van der Waals surface area contributed by atoms with Gasteiger partial charge in [0.1, 0.15) is 17.4 Å². The number of piperazine rings is 1. The van der Waals surface area contributed by atoms with Crippen LogP contribution < -0.4 is 26.2 Å². The van der Waals surface area contributed by atoms with Crippen molar-refractivity contribution < 1.29 is 22.8 Å². The summed E-state index contributed by atoms with van der Waals surface area (Å²) in [6.07, 6.45) is -4.08. The minimum absolute atomic E-state index is 0.00376. The third-order valence-electron chi connectivity index (χ3n) is 6.63. The molecule has 0 bridgehead atoms. The summed E-state index contributed by atoms with van der Waals surface area (Å²) in [6.45, 7) is 5.25. The third kappa shape index (κ3) is 5.72. The highest BCUT2D eigenvalue weighted by Gasteiger charge is 2.36. The summed E-state index contributed by atoms with van der Waals surface area (Å²) >= 11 is 0. The minimum Gasteiger partial charge on any atom is -0.369 e. The Kier molecular flexibility index (Phi) is 7.00. The van der Waals surface area contributed by atoms with E-state index in [9.17, 15) is 22.8 Å². The number of nitrogens with zero attached hydrogens (tertiary/aromatic N) is 4. The van der Waals surface area contributed by atoms with Crippen LogP contribution in [-0.2, 0) is 11.0 Å². The summed E-state index contributed by atoms with van der Waals surface area (Å²) in [5.41, 5.74) is 0.759. The summed E-state index contributed by atoms with van der Waals surface area (Å²) in [5.74, 6) is -1.66. The predicted octanol–water partition coefficient (Wildman–Crippen LogP) is 3.80. The van der Waals surface area contributed by atoms with Crippen LogP contribution in [0.2, 0.25) is 0 Å². The largest absolute Gasteiger partial charge is 0.421 e. The van der Waals surface area contributed by atoms with E-state index in [1.54, 1.807) is 0 Å². The Morgan fingerprint density at radius 3 is 2.41 bits per heavy atom. The van der Waals surface area contributed by atoms with Crippen molar-refractivity contribution in [1.29, 1.82) is 0 Å². The van der Waals surface area contributed by atoms with Crippen molar-refractivity contribution in [1.82, 2.24) is 20.2 Å². The van der Waals surface area contributed by atoms with Crippen LogP contribution in [0, 0.1) is 0 Å². The number of hydrogen-bond donors (Lipinski definition) is 4. The number of alkyl halides is 3. The molecule has 0 unspecified atom stereocenters. The average Bonchev–Trinajstić information content (AvgIpc) is 3.00. The Labute approximate surface area is 222 Å². The second-order valence-corrected chi connectivity index (χ2v) is 9.45. The lowest BCUT2D eigenvalue weighted by molar-refractivity contribution is -0.137. The lowest BCUT2D eigenvalue weighted by Gasteiger charge is -2.34. The summed E-state index contributed by atoms with van der Waals surface area (Å²) in [6, 6.07) is 11.1. The molecule has 204 valence electrons. The van der Waals surface area contributed by atoms with Gasteiger partial charge in [0.2, 0.25) is 11.9 Å². The monoisotopic (exact) mass is 540 g/mol. The molecule has 1 saturated heterocycles. The molecule has 1 fully saturated rings. The summed E-state index contributed by atoms with van der Waals surface area (Å²) < 4.78 is 41.6. The van der Waals surface area contributed by atoms with Crippen molar-refractivity contribution >= 4 is 46.3 Å². The van der Waals surface area contributed by atoms with E-state index in [4.69, 9.17) is 0 Å². The predicted molar refractivity (Wildman–Crippen MR) is 142 cm³/mol. The molecule has 0 spiro atoms. The molecular formula is C26H27F3N8O2. The maximum absolute atomic E-state index is 13.9. The van der Waals surface area contributed by atoms with Crippen molar-refractivity contribution in [3.63, 3.8) is 0 Å². The van der Waals surface area contributed by atoms with Gasteiger partial charge in [0.25, 0.3) is 5.91 Å². The third-order valence-corrected chi connectivity index (χ3v) is 6.63. The smallest absolute Gasteiger partial charge is 0.369 e. The van der Waals surface area contributed by atoms with Gasteiger partial charge in [-0.1, -0.05) is 6.07 Å². The quantitative estimate of drug-likeness (QED) is 0.387. The number of likely N-dealkylation sites (N-methyl/N-ethyl adjacent to an activating group) is 1. The number of hydrogen-bond acceptors (Lipinski definition) is 8. The number of amides is 2. The Morgan fingerprint density at radius 1 is 1.00 bits per heavy atom. The number of carbonyl (C=O) groups is 2. The van der Waals surface area contributed by atoms with E-state index < -0.39 is 35.4 Å². The minimum atomic E-state index is -4.76. The Bertz CT molecular complexity index is 1390. The van der Waals surface area contributed by atoms with Crippen LogP contribution in [0.1, 0.15) is 22.8 Å². The van der Waals surface area contributed by atoms with Gasteiger partial charge in [0.15, 0.2) is 0 Å². The molecule has 13 heteroatoms. The van der Waals surface area contributed by atoms with E-state index in [0.29, 0.717) is 11.9 Å². The fraction of sp³-hybridized carbons (Fsp3) is 0.308. The first-order chi connectivity index (χ1) is 18.6. The Balaban J connectivity index is 1.42. The fourth-order valence-electron chi connectivity index (χ4n) is 4.40. The van der Waals surface area contributed by atoms with Gasteiger partial charge >= 0.3 is 6.18 Å². The zero-order valence-corrected chi connectivity index (χ0v) is 21.3. The van der Waals surface area contributed by atoms with Gasteiger partial charge in [-0.25, -0.2) is 4.98 Å². The molecule has 0 saturated carbocycles. The van der Waals surface area contributed by atoms with E-state index in [2.05, 4.69) is 48.1 Å². The molecule has 1 atom stereocenters. The lowest BCUT2D eigenvalue weighted by Crippen LogP contribution is -2.44. The highest BCUT2D eigenvalue weighted by atomic mass is 19.4. The SMILES string of the molecule is C[C@@H]1NC(=O)c2c(cccc2Nc2nc(Nc3ccc(N4CCN(C)CC4)cc3)ncc2C(F)(F)F)NC1=O. The van der Waals surface area contributed by atoms with E-state index in [-0.39, 0.29) is 22.9 Å². The number of nitrogens with one attached hydrogen (secondary N) is 4. The lowest BCUT2D eigenvalue weighted by atomic mass is 10.1. The molecule has 2 amide bonds. The molecule has 10 nitrogen and oxygen atoms in total. The normalized spacial score (nSPS) is 18.1. The number of anilines is 6. The van der Waals surface area contributed by atoms with Crippen LogP contribution >= 0.6 is 0 Å². The van der Waals surface area contributed by atoms with Gasteiger partial charge < -0.3 is 31.1 Å². The first-order valence-electron chi connectivity index (χ1n) is 12.3. The number of halogens is 3. The molecule has 2 aromatic carbocycles. The maximum atomic E-state index is 13.9. The molecule has 4 N–H and O–H groups in total. The molecule has 0 aliphatic carbocycles.